The molecule has 1 aliphatic heterocycles. The number of carbonyl (C=O) groups excluding carboxylic acids is 1. The number of rotatable bonds is 5. The van der Waals surface area contributed by atoms with Crippen LogP contribution in [-0.4, -0.2) is 17.6 Å². The smallest absolute Gasteiger partial charge is 0.227 e. The zero-order valence-electron chi connectivity index (χ0n) is 17.0. The lowest BCUT2D eigenvalue weighted by Gasteiger charge is -2.23. The van der Waals surface area contributed by atoms with Crippen molar-refractivity contribution in [1.82, 2.24) is 5.32 Å². The maximum atomic E-state index is 11.9. The van der Waals surface area contributed by atoms with Gasteiger partial charge in [0.25, 0.3) is 0 Å². The first-order valence-corrected chi connectivity index (χ1v) is 10.6. The second kappa shape index (κ2) is 9.09. The van der Waals surface area contributed by atoms with Gasteiger partial charge in [0.2, 0.25) is 5.91 Å². The summed E-state index contributed by atoms with van der Waals surface area (Å²) in [6.07, 6.45) is 1.56. The number of nitrogens with one attached hydrogen (secondary N) is 2. The molecule has 4 nitrogen and oxygen atoms in total. The predicted molar refractivity (Wildman–Crippen MR) is 127 cm³/mol. The van der Waals surface area contributed by atoms with Crippen molar-refractivity contribution in [2.45, 2.75) is 25.8 Å². The SMILES string of the molecule is Cc1cccc([C@@H](NC(=S)Nc2ccc(N3CCCC3=O)cc2)c2ccccc2)c1. The normalized spacial score (nSPS) is 14.4. The number of anilines is 2. The molecule has 1 saturated heterocycles. The van der Waals surface area contributed by atoms with Crippen molar-refractivity contribution >= 4 is 34.6 Å². The van der Waals surface area contributed by atoms with E-state index < -0.39 is 0 Å². The highest BCUT2D eigenvalue weighted by Gasteiger charge is 2.21. The quantitative estimate of drug-likeness (QED) is 0.563. The average Bonchev–Trinajstić information content (AvgIpc) is 3.19. The molecule has 5 heteroatoms. The lowest BCUT2D eigenvalue weighted by molar-refractivity contribution is -0.117. The van der Waals surface area contributed by atoms with E-state index in [1.54, 1.807) is 0 Å². The van der Waals surface area contributed by atoms with E-state index >= 15 is 0 Å². The van der Waals surface area contributed by atoms with Gasteiger partial charge in [0.05, 0.1) is 6.04 Å². The van der Waals surface area contributed by atoms with Crippen LogP contribution in [0.5, 0.6) is 0 Å². The fraction of sp³-hybridized carbons (Fsp3) is 0.200. The van der Waals surface area contributed by atoms with E-state index in [4.69, 9.17) is 12.2 Å². The predicted octanol–water partition coefficient (Wildman–Crippen LogP) is 5.20. The Morgan fingerprint density at radius 3 is 2.37 bits per heavy atom. The number of amides is 1. The van der Waals surface area contributed by atoms with Crippen LogP contribution >= 0.6 is 12.2 Å². The minimum absolute atomic E-state index is 0.0485. The zero-order valence-corrected chi connectivity index (χ0v) is 17.8. The van der Waals surface area contributed by atoms with E-state index in [0.717, 1.165) is 35.5 Å². The van der Waals surface area contributed by atoms with Gasteiger partial charge >= 0.3 is 0 Å². The summed E-state index contributed by atoms with van der Waals surface area (Å²) in [5.74, 6) is 0.191. The maximum Gasteiger partial charge on any atom is 0.227 e. The van der Waals surface area contributed by atoms with Gasteiger partial charge in [-0.3, -0.25) is 4.79 Å². The van der Waals surface area contributed by atoms with Gasteiger partial charge in [0.15, 0.2) is 5.11 Å². The second-order valence-electron chi connectivity index (χ2n) is 7.55. The Labute approximate surface area is 182 Å². The summed E-state index contributed by atoms with van der Waals surface area (Å²) in [7, 11) is 0. The van der Waals surface area contributed by atoms with Crippen LogP contribution in [0.2, 0.25) is 0 Å². The van der Waals surface area contributed by atoms with Crippen LogP contribution in [-0.2, 0) is 4.79 Å². The van der Waals surface area contributed by atoms with Gasteiger partial charge in [-0.05, 0) is 61.0 Å². The maximum absolute atomic E-state index is 11.9. The molecule has 4 rings (SSSR count). The third-order valence-corrected chi connectivity index (χ3v) is 5.51. The molecule has 3 aromatic rings. The lowest BCUT2D eigenvalue weighted by Crippen LogP contribution is -2.33. The van der Waals surface area contributed by atoms with Gasteiger partial charge in [0.1, 0.15) is 0 Å². The van der Waals surface area contributed by atoms with Gasteiger partial charge < -0.3 is 15.5 Å². The topological polar surface area (TPSA) is 44.4 Å². The Balaban J connectivity index is 1.48. The number of aryl methyl sites for hydroxylation is 1. The fourth-order valence-corrected chi connectivity index (χ4v) is 4.03. The summed E-state index contributed by atoms with van der Waals surface area (Å²) >= 11 is 5.62. The molecule has 3 aromatic carbocycles. The highest BCUT2D eigenvalue weighted by atomic mass is 32.1. The Morgan fingerprint density at radius 2 is 1.70 bits per heavy atom. The summed E-state index contributed by atoms with van der Waals surface area (Å²) in [4.78, 5) is 13.8. The molecule has 30 heavy (non-hydrogen) atoms. The Hall–Kier alpha value is -3.18. The van der Waals surface area contributed by atoms with Crippen molar-refractivity contribution in [2.24, 2.45) is 0 Å². The van der Waals surface area contributed by atoms with Crippen molar-refractivity contribution in [3.63, 3.8) is 0 Å². The summed E-state index contributed by atoms with van der Waals surface area (Å²) in [6.45, 7) is 2.88. The van der Waals surface area contributed by atoms with Crippen LogP contribution < -0.4 is 15.5 Å². The standard InChI is InChI=1S/C25H25N3OS/c1-18-7-5-10-20(17-18)24(19-8-3-2-4-9-19)27-25(30)26-21-12-14-22(15-13-21)28-16-6-11-23(28)29/h2-5,7-10,12-15,17,24H,6,11,16H2,1H3,(H2,26,27,30)/t24-/m0/s1. The molecule has 1 aliphatic rings. The number of hydrogen-bond acceptors (Lipinski definition) is 2. The van der Waals surface area contributed by atoms with E-state index in [1.165, 1.54) is 5.56 Å². The first-order chi connectivity index (χ1) is 14.6. The van der Waals surface area contributed by atoms with Crippen molar-refractivity contribution < 1.29 is 4.79 Å². The molecule has 0 aliphatic carbocycles. The molecular formula is C25H25N3OS. The molecule has 2 N–H and O–H groups in total. The Bertz CT molecular complexity index is 1030. The zero-order chi connectivity index (χ0) is 20.9. The van der Waals surface area contributed by atoms with Crippen LogP contribution in [0.15, 0.2) is 78.9 Å². The van der Waals surface area contributed by atoms with E-state index in [9.17, 15) is 4.79 Å². The summed E-state index contributed by atoms with van der Waals surface area (Å²) < 4.78 is 0. The molecule has 152 valence electrons. The van der Waals surface area contributed by atoms with E-state index in [0.29, 0.717) is 11.5 Å². The van der Waals surface area contributed by atoms with Gasteiger partial charge in [-0.15, -0.1) is 0 Å². The molecular weight excluding hydrogens is 390 g/mol. The van der Waals surface area contributed by atoms with Crippen LogP contribution in [0.1, 0.15) is 35.6 Å². The van der Waals surface area contributed by atoms with Crippen LogP contribution in [0.25, 0.3) is 0 Å². The Kier molecular flexibility index (Phi) is 6.10. The number of thiocarbonyl (C=S) groups is 1. The molecule has 1 heterocycles. The van der Waals surface area contributed by atoms with E-state index in [2.05, 4.69) is 54.0 Å². The van der Waals surface area contributed by atoms with Crippen LogP contribution in [0.3, 0.4) is 0 Å². The molecule has 0 bridgehead atoms. The molecule has 0 spiro atoms. The molecule has 1 amide bonds. The summed E-state index contributed by atoms with van der Waals surface area (Å²) in [5.41, 5.74) is 5.34. The highest BCUT2D eigenvalue weighted by Crippen LogP contribution is 2.25. The third-order valence-electron chi connectivity index (χ3n) is 5.29. The molecule has 0 radical (unpaired) electrons. The summed E-state index contributed by atoms with van der Waals surface area (Å²) in [5, 5.41) is 7.28. The second-order valence-corrected chi connectivity index (χ2v) is 7.96. The minimum Gasteiger partial charge on any atom is -0.352 e. The van der Waals surface area contributed by atoms with Crippen molar-refractivity contribution in [2.75, 3.05) is 16.8 Å². The van der Waals surface area contributed by atoms with Crippen molar-refractivity contribution in [3.8, 4) is 0 Å². The number of benzene rings is 3. The van der Waals surface area contributed by atoms with Crippen molar-refractivity contribution in [3.05, 3.63) is 95.6 Å². The van der Waals surface area contributed by atoms with Gasteiger partial charge in [-0.25, -0.2) is 0 Å². The monoisotopic (exact) mass is 415 g/mol. The molecule has 1 atom stereocenters. The first-order valence-electron chi connectivity index (χ1n) is 10.2. The fourth-order valence-electron chi connectivity index (χ4n) is 3.80. The largest absolute Gasteiger partial charge is 0.352 e. The molecule has 0 aromatic heterocycles. The van der Waals surface area contributed by atoms with Gasteiger partial charge in [-0.2, -0.15) is 0 Å². The number of carbonyl (C=O) groups is 1. The van der Waals surface area contributed by atoms with Crippen LogP contribution in [0, 0.1) is 6.92 Å². The average molecular weight is 416 g/mol. The number of nitrogens with zero attached hydrogens (tertiary/aromatic N) is 1. The van der Waals surface area contributed by atoms with Crippen LogP contribution in [0.4, 0.5) is 11.4 Å². The summed E-state index contributed by atoms with van der Waals surface area (Å²) in [6, 6.07) is 26.5. The van der Waals surface area contributed by atoms with E-state index in [-0.39, 0.29) is 11.9 Å². The molecule has 0 saturated carbocycles. The lowest BCUT2D eigenvalue weighted by atomic mass is 9.97. The highest BCUT2D eigenvalue weighted by molar-refractivity contribution is 7.80. The van der Waals surface area contributed by atoms with Gasteiger partial charge in [-0.1, -0.05) is 60.2 Å². The number of hydrogen-bond donors (Lipinski definition) is 2. The van der Waals surface area contributed by atoms with Crippen molar-refractivity contribution in [1.29, 1.82) is 0 Å². The minimum atomic E-state index is -0.0485. The first kappa shape index (κ1) is 20.1. The van der Waals surface area contributed by atoms with Gasteiger partial charge in [0, 0.05) is 24.3 Å². The molecule has 0 unspecified atom stereocenters. The Morgan fingerprint density at radius 1 is 0.967 bits per heavy atom. The third kappa shape index (κ3) is 4.69. The molecule has 1 fully saturated rings. The van der Waals surface area contributed by atoms with E-state index in [1.807, 2.05) is 47.4 Å².